The van der Waals surface area contributed by atoms with E-state index in [1.165, 1.54) is 40.6 Å². The minimum absolute atomic E-state index is 0.121. The van der Waals surface area contributed by atoms with Crippen LogP contribution in [-0.2, 0) is 21.3 Å². The monoisotopic (exact) mass is 433 g/mol. The molecule has 3 rings (SSSR count). The third-order valence-electron chi connectivity index (χ3n) is 4.60. The largest absolute Gasteiger partial charge is 0.453 e. The average molecular weight is 433 g/mol. The zero-order valence-electron chi connectivity index (χ0n) is 16.4. The van der Waals surface area contributed by atoms with Gasteiger partial charge in [-0.05, 0) is 35.9 Å². The van der Waals surface area contributed by atoms with Gasteiger partial charge in [-0.3, -0.25) is 4.98 Å². The number of rotatable bonds is 5. The minimum Gasteiger partial charge on any atom is -0.453 e. The molecule has 2 N–H and O–H groups in total. The molecule has 1 aromatic heterocycles. The SMILES string of the molecule is COC(=O)N1CCN(S(=O)(=O)c2ccc(NC(=O)NCc3cccnc3)cc2)CC1. The van der Waals surface area contributed by atoms with Crippen molar-refractivity contribution in [3.05, 3.63) is 54.4 Å². The molecule has 30 heavy (non-hydrogen) atoms. The van der Waals surface area contributed by atoms with Crippen molar-refractivity contribution in [3.63, 3.8) is 0 Å². The number of amides is 3. The fraction of sp³-hybridized carbons (Fsp3) is 0.316. The number of nitrogens with one attached hydrogen (secondary N) is 2. The van der Waals surface area contributed by atoms with Crippen LogP contribution in [0.15, 0.2) is 53.7 Å². The lowest BCUT2D eigenvalue weighted by molar-refractivity contribution is 0.108. The van der Waals surface area contributed by atoms with Crippen LogP contribution >= 0.6 is 0 Å². The third kappa shape index (κ3) is 5.24. The van der Waals surface area contributed by atoms with Crippen molar-refractivity contribution >= 4 is 27.8 Å². The molecule has 1 aliphatic rings. The Morgan fingerprint density at radius 2 is 1.80 bits per heavy atom. The highest BCUT2D eigenvalue weighted by Crippen LogP contribution is 2.20. The van der Waals surface area contributed by atoms with Gasteiger partial charge in [0.2, 0.25) is 10.0 Å². The summed E-state index contributed by atoms with van der Waals surface area (Å²) in [7, 11) is -2.40. The highest BCUT2D eigenvalue weighted by Gasteiger charge is 2.30. The number of sulfonamides is 1. The average Bonchev–Trinajstić information content (AvgIpc) is 2.78. The van der Waals surface area contributed by atoms with Gasteiger partial charge < -0.3 is 20.3 Å². The summed E-state index contributed by atoms with van der Waals surface area (Å²) in [6, 6.07) is 9.16. The Kier molecular flexibility index (Phi) is 6.85. The van der Waals surface area contributed by atoms with Gasteiger partial charge in [-0.1, -0.05) is 6.07 Å². The van der Waals surface area contributed by atoms with E-state index in [4.69, 9.17) is 0 Å². The zero-order chi connectivity index (χ0) is 21.6. The number of hydrogen-bond acceptors (Lipinski definition) is 6. The Bertz CT molecular complexity index is 974. The summed E-state index contributed by atoms with van der Waals surface area (Å²) >= 11 is 0. The topological polar surface area (TPSA) is 121 Å². The maximum Gasteiger partial charge on any atom is 0.409 e. The lowest BCUT2D eigenvalue weighted by atomic mass is 10.3. The number of pyridine rings is 1. The van der Waals surface area contributed by atoms with E-state index in [9.17, 15) is 18.0 Å². The number of methoxy groups -OCH3 is 1. The predicted octanol–water partition coefficient (Wildman–Crippen LogP) is 1.48. The van der Waals surface area contributed by atoms with Crippen LogP contribution in [0.25, 0.3) is 0 Å². The van der Waals surface area contributed by atoms with Crippen LogP contribution in [0.5, 0.6) is 0 Å². The van der Waals surface area contributed by atoms with Crippen LogP contribution in [0.1, 0.15) is 5.56 Å². The van der Waals surface area contributed by atoms with E-state index in [1.807, 2.05) is 6.07 Å². The number of aromatic nitrogens is 1. The number of piperazine rings is 1. The smallest absolute Gasteiger partial charge is 0.409 e. The first kappa shape index (κ1) is 21.5. The summed E-state index contributed by atoms with van der Waals surface area (Å²) in [5.41, 5.74) is 1.33. The van der Waals surface area contributed by atoms with Crippen LogP contribution in [0.4, 0.5) is 15.3 Å². The fourth-order valence-corrected chi connectivity index (χ4v) is 4.38. The second-order valence-electron chi connectivity index (χ2n) is 6.55. The standard InChI is InChI=1S/C19H23N5O5S/c1-29-19(26)23-9-11-24(12-10-23)30(27,28)17-6-4-16(5-7-17)22-18(25)21-14-15-3-2-8-20-13-15/h2-8,13H,9-12,14H2,1H3,(H2,21,22,25). The molecular weight excluding hydrogens is 410 g/mol. The number of nitrogens with zero attached hydrogens (tertiary/aromatic N) is 3. The van der Waals surface area contributed by atoms with E-state index < -0.39 is 22.1 Å². The normalized spacial score (nSPS) is 14.8. The van der Waals surface area contributed by atoms with E-state index in [0.717, 1.165) is 5.56 Å². The van der Waals surface area contributed by atoms with Gasteiger partial charge in [-0.25, -0.2) is 18.0 Å². The second kappa shape index (κ2) is 9.55. The van der Waals surface area contributed by atoms with Crippen molar-refractivity contribution in [3.8, 4) is 0 Å². The molecule has 1 aliphatic heterocycles. The van der Waals surface area contributed by atoms with Gasteiger partial charge in [-0.15, -0.1) is 0 Å². The summed E-state index contributed by atoms with van der Waals surface area (Å²) in [5.74, 6) is 0. The molecule has 0 unspecified atom stereocenters. The van der Waals surface area contributed by atoms with Gasteiger partial charge >= 0.3 is 12.1 Å². The van der Waals surface area contributed by atoms with Crippen molar-refractivity contribution in [2.75, 3.05) is 38.6 Å². The van der Waals surface area contributed by atoms with Gasteiger partial charge in [0.25, 0.3) is 0 Å². The maximum atomic E-state index is 12.8. The quantitative estimate of drug-likeness (QED) is 0.737. The number of hydrogen-bond donors (Lipinski definition) is 2. The molecule has 2 aromatic rings. The number of carbonyl (C=O) groups is 2. The molecular formula is C19H23N5O5S. The molecule has 1 fully saturated rings. The van der Waals surface area contributed by atoms with Crippen LogP contribution in [0.3, 0.4) is 0 Å². The summed E-state index contributed by atoms with van der Waals surface area (Å²) in [6.07, 6.45) is 2.84. The van der Waals surface area contributed by atoms with Crippen molar-refractivity contribution in [2.24, 2.45) is 0 Å². The molecule has 10 nitrogen and oxygen atoms in total. The second-order valence-corrected chi connectivity index (χ2v) is 8.49. The molecule has 0 aliphatic carbocycles. The third-order valence-corrected chi connectivity index (χ3v) is 6.51. The van der Waals surface area contributed by atoms with Crippen molar-refractivity contribution in [1.29, 1.82) is 0 Å². The Balaban J connectivity index is 1.55. The van der Waals surface area contributed by atoms with Gasteiger partial charge in [0.15, 0.2) is 0 Å². The summed E-state index contributed by atoms with van der Waals surface area (Å²) in [5, 5.41) is 5.36. The van der Waals surface area contributed by atoms with E-state index in [-0.39, 0.29) is 31.1 Å². The number of urea groups is 1. The van der Waals surface area contributed by atoms with Crippen LogP contribution in [0, 0.1) is 0 Å². The Labute approximate surface area is 174 Å². The van der Waals surface area contributed by atoms with Gasteiger partial charge in [0.1, 0.15) is 0 Å². The fourth-order valence-electron chi connectivity index (χ4n) is 2.96. The molecule has 1 saturated heterocycles. The first-order valence-corrected chi connectivity index (χ1v) is 10.7. The molecule has 3 amide bonds. The van der Waals surface area contributed by atoms with E-state index in [1.54, 1.807) is 18.5 Å². The first-order valence-electron chi connectivity index (χ1n) is 9.27. The lowest BCUT2D eigenvalue weighted by Gasteiger charge is -2.33. The molecule has 0 saturated carbocycles. The molecule has 0 radical (unpaired) electrons. The maximum absolute atomic E-state index is 12.8. The summed E-state index contributed by atoms with van der Waals surface area (Å²) in [4.78, 5) is 29.1. The van der Waals surface area contributed by atoms with Crippen molar-refractivity contribution in [1.82, 2.24) is 19.5 Å². The molecule has 160 valence electrons. The van der Waals surface area contributed by atoms with Crippen molar-refractivity contribution in [2.45, 2.75) is 11.4 Å². The molecule has 1 aromatic carbocycles. The van der Waals surface area contributed by atoms with E-state index in [0.29, 0.717) is 12.2 Å². The predicted molar refractivity (Wildman–Crippen MR) is 109 cm³/mol. The van der Waals surface area contributed by atoms with Gasteiger partial charge in [0, 0.05) is 50.8 Å². The number of benzene rings is 1. The Morgan fingerprint density at radius 3 is 2.40 bits per heavy atom. The highest BCUT2D eigenvalue weighted by molar-refractivity contribution is 7.89. The number of carbonyl (C=O) groups excluding carboxylic acids is 2. The van der Waals surface area contributed by atoms with Crippen LogP contribution in [-0.4, -0.2) is 68.0 Å². The summed E-state index contributed by atoms with van der Waals surface area (Å²) in [6.45, 7) is 1.23. The molecule has 0 spiro atoms. The molecule has 0 atom stereocenters. The first-order chi connectivity index (χ1) is 14.4. The Hall–Kier alpha value is -3.18. The van der Waals surface area contributed by atoms with Crippen LogP contribution < -0.4 is 10.6 Å². The minimum atomic E-state index is -3.69. The lowest BCUT2D eigenvalue weighted by Crippen LogP contribution is -2.50. The van der Waals surface area contributed by atoms with E-state index >= 15 is 0 Å². The van der Waals surface area contributed by atoms with Crippen LogP contribution in [0.2, 0.25) is 0 Å². The van der Waals surface area contributed by atoms with Gasteiger partial charge in [-0.2, -0.15) is 4.31 Å². The molecule has 11 heteroatoms. The number of ether oxygens (including phenoxy) is 1. The number of anilines is 1. The van der Waals surface area contributed by atoms with Crippen molar-refractivity contribution < 1.29 is 22.7 Å². The molecule has 2 heterocycles. The zero-order valence-corrected chi connectivity index (χ0v) is 17.3. The van der Waals surface area contributed by atoms with Gasteiger partial charge in [0.05, 0.1) is 12.0 Å². The Morgan fingerprint density at radius 1 is 1.10 bits per heavy atom. The van der Waals surface area contributed by atoms with E-state index in [2.05, 4.69) is 20.4 Å². The molecule has 0 bridgehead atoms. The summed E-state index contributed by atoms with van der Waals surface area (Å²) < 4.78 is 31.6. The highest BCUT2D eigenvalue weighted by atomic mass is 32.2.